The number of nitrogens with two attached hydrogens (primary N) is 2. The van der Waals surface area contributed by atoms with E-state index in [2.05, 4.69) is 4.98 Å². The summed E-state index contributed by atoms with van der Waals surface area (Å²) in [5, 5.41) is 9.09. The molecule has 0 bridgehead atoms. The summed E-state index contributed by atoms with van der Waals surface area (Å²) < 4.78 is 31.0. The highest BCUT2D eigenvalue weighted by Crippen LogP contribution is 2.32. The third kappa shape index (κ3) is 2.65. The van der Waals surface area contributed by atoms with Crippen molar-refractivity contribution in [1.82, 2.24) is 4.98 Å². The standard InChI is InChI=1S/C13H12N4O3S/c1-7-10(6-14)12(15)17-13(16)11(7)8-2-4-9(5-3-8)21(18,19)20/h2-5H,1H3,(H4,15,16,17)(H,18,19,20). The van der Waals surface area contributed by atoms with Gasteiger partial charge in [0.1, 0.15) is 17.7 Å². The summed E-state index contributed by atoms with van der Waals surface area (Å²) in [7, 11) is -4.26. The molecular formula is C13H12N4O3S. The Balaban J connectivity index is 2.66. The highest BCUT2D eigenvalue weighted by Gasteiger charge is 2.16. The average molecular weight is 304 g/mol. The normalized spacial score (nSPS) is 11.1. The van der Waals surface area contributed by atoms with Crippen LogP contribution in [0.2, 0.25) is 0 Å². The van der Waals surface area contributed by atoms with Crippen molar-refractivity contribution in [2.75, 3.05) is 11.5 Å². The maximum Gasteiger partial charge on any atom is 0.294 e. The summed E-state index contributed by atoms with van der Waals surface area (Å²) in [5.74, 6) is 0.189. The van der Waals surface area contributed by atoms with Crippen LogP contribution in [0.25, 0.3) is 11.1 Å². The van der Waals surface area contributed by atoms with Crippen molar-refractivity contribution in [3.05, 3.63) is 35.4 Å². The van der Waals surface area contributed by atoms with Gasteiger partial charge in [-0.05, 0) is 30.2 Å². The number of anilines is 2. The number of hydrogen-bond donors (Lipinski definition) is 3. The third-order valence-corrected chi connectivity index (χ3v) is 3.92. The monoisotopic (exact) mass is 304 g/mol. The Kier molecular flexibility index (Phi) is 3.55. The van der Waals surface area contributed by atoms with Crippen molar-refractivity contribution >= 4 is 21.8 Å². The summed E-state index contributed by atoms with van der Waals surface area (Å²) in [6.45, 7) is 1.68. The first kappa shape index (κ1) is 14.8. The molecule has 108 valence electrons. The summed E-state index contributed by atoms with van der Waals surface area (Å²) in [6.07, 6.45) is 0. The molecule has 0 saturated heterocycles. The number of nitriles is 1. The molecule has 0 aliphatic rings. The number of nitrogens with zero attached hydrogens (tertiary/aromatic N) is 2. The molecule has 0 aliphatic heterocycles. The molecule has 0 aliphatic carbocycles. The number of pyridine rings is 1. The molecule has 0 saturated carbocycles. The molecule has 21 heavy (non-hydrogen) atoms. The van der Waals surface area contributed by atoms with Crippen LogP contribution in [0.4, 0.5) is 11.6 Å². The van der Waals surface area contributed by atoms with Crippen molar-refractivity contribution < 1.29 is 13.0 Å². The van der Waals surface area contributed by atoms with Gasteiger partial charge in [-0.2, -0.15) is 13.7 Å². The van der Waals surface area contributed by atoms with Crippen LogP contribution in [0.1, 0.15) is 11.1 Å². The maximum atomic E-state index is 11.0. The molecule has 1 aromatic heterocycles. The van der Waals surface area contributed by atoms with Crippen molar-refractivity contribution in [1.29, 1.82) is 5.26 Å². The SMILES string of the molecule is Cc1c(C#N)c(N)nc(N)c1-c1ccc(S(=O)(=O)O)cc1. The van der Waals surface area contributed by atoms with Gasteiger partial charge in [0.2, 0.25) is 0 Å². The average Bonchev–Trinajstić information content (AvgIpc) is 2.38. The lowest BCUT2D eigenvalue weighted by Crippen LogP contribution is -2.05. The third-order valence-electron chi connectivity index (χ3n) is 3.06. The minimum Gasteiger partial charge on any atom is -0.383 e. The van der Waals surface area contributed by atoms with Gasteiger partial charge in [-0.1, -0.05) is 12.1 Å². The number of nitrogen functional groups attached to an aromatic ring is 2. The van der Waals surface area contributed by atoms with Crippen LogP contribution in [0.15, 0.2) is 29.2 Å². The minimum atomic E-state index is -4.26. The molecule has 1 aromatic carbocycles. The topological polar surface area (TPSA) is 143 Å². The minimum absolute atomic E-state index is 0.0470. The first-order valence-corrected chi connectivity index (χ1v) is 7.23. The smallest absolute Gasteiger partial charge is 0.294 e. The quantitative estimate of drug-likeness (QED) is 0.710. The van der Waals surface area contributed by atoms with Crippen LogP contribution in [0.3, 0.4) is 0 Å². The van der Waals surface area contributed by atoms with E-state index in [1.807, 2.05) is 6.07 Å². The van der Waals surface area contributed by atoms with Crippen LogP contribution in [0.5, 0.6) is 0 Å². The molecule has 1 heterocycles. The van der Waals surface area contributed by atoms with Gasteiger partial charge in [0, 0.05) is 5.56 Å². The number of hydrogen-bond acceptors (Lipinski definition) is 6. The van der Waals surface area contributed by atoms with Gasteiger partial charge in [-0.3, -0.25) is 4.55 Å². The Labute approximate surface area is 121 Å². The van der Waals surface area contributed by atoms with Crippen molar-refractivity contribution in [3.8, 4) is 17.2 Å². The van der Waals surface area contributed by atoms with Crippen molar-refractivity contribution in [3.63, 3.8) is 0 Å². The summed E-state index contributed by atoms with van der Waals surface area (Å²) in [5.41, 5.74) is 13.3. The lowest BCUT2D eigenvalue weighted by Gasteiger charge is -2.12. The molecule has 0 amide bonds. The van der Waals surface area contributed by atoms with Crippen LogP contribution < -0.4 is 11.5 Å². The fourth-order valence-electron chi connectivity index (χ4n) is 2.05. The number of benzene rings is 1. The van der Waals surface area contributed by atoms with E-state index in [0.717, 1.165) is 0 Å². The van der Waals surface area contributed by atoms with E-state index in [4.69, 9.17) is 21.3 Å². The molecule has 5 N–H and O–H groups in total. The zero-order chi connectivity index (χ0) is 15.8. The van der Waals surface area contributed by atoms with E-state index in [-0.39, 0.29) is 22.1 Å². The van der Waals surface area contributed by atoms with Gasteiger partial charge in [-0.25, -0.2) is 4.98 Å². The van der Waals surface area contributed by atoms with Gasteiger partial charge in [0.05, 0.1) is 10.5 Å². The molecule has 2 rings (SSSR count). The molecule has 0 radical (unpaired) electrons. The van der Waals surface area contributed by atoms with E-state index in [1.165, 1.54) is 24.3 Å². The highest BCUT2D eigenvalue weighted by molar-refractivity contribution is 7.85. The molecule has 2 aromatic rings. The van der Waals surface area contributed by atoms with Crippen LogP contribution in [-0.4, -0.2) is 18.0 Å². The van der Waals surface area contributed by atoms with E-state index >= 15 is 0 Å². The zero-order valence-corrected chi connectivity index (χ0v) is 11.8. The molecule has 0 atom stereocenters. The van der Waals surface area contributed by atoms with E-state index in [0.29, 0.717) is 16.7 Å². The molecule has 7 nitrogen and oxygen atoms in total. The Morgan fingerprint density at radius 1 is 1.19 bits per heavy atom. The summed E-state index contributed by atoms with van der Waals surface area (Å²) in [4.78, 5) is 3.69. The molecule has 0 spiro atoms. The Morgan fingerprint density at radius 3 is 2.24 bits per heavy atom. The zero-order valence-electron chi connectivity index (χ0n) is 11.0. The van der Waals surface area contributed by atoms with Crippen LogP contribution in [-0.2, 0) is 10.1 Å². The number of aromatic nitrogens is 1. The van der Waals surface area contributed by atoms with Crippen molar-refractivity contribution in [2.24, 2.45) is 0 Å². The highest BCUT2D eigenvalue weighted by atomic mass is 32.2. The Bertz CT molecular complexity index is 852. The molecule has 8 heteroatoms. The summed E-state index contributed by atoms with van der Waals surface area (Å²) >= 11 is 0. The molecule has 0 fully saturated rings. The summed E-state index contributed by atoms with van der Waals surface area (Å²) in [6, 6.07) is 7.39. The predicted molar refractivity (Wildman–Crippen MR) is 77.8 cm³/mol. The fourth-order valence-corrected chi connectivity index (χ4v) is 2.53. The second kappa shape index (κ2) is 5.05. The first-order chi connectivity index (χ1) is 9.75. The first-order valence-electron chi connectivity index (χ1n) is 5.79. The second-order valence-corrected chi connectivity index (χ2v) is 5.79. The Morgan fingerprint density at radius 2 is 1.76 bits per heavy atom. The van der Waals surface area contributed by atoms with Gasteiger partial charge in [0.15, 0.2) is 0 Å². The largest absolute Gasteiger partial charge is 0.383 e. The van der Waals surface area contributed by atoms with Gasteiger partial charge in [-0.15, -0.1) is 0 Å². The maximum absolute atomic E-state index is 11.0. The lowest BCUT2D eigenvalue weighted by molar-refractivity contribution is 0.483. The Hall–Kier alpha value is -2.63. The van der Waals surface area contributed by atoms with Crippen molar-refractivity contribution in [2.45, 2.75) is 11.8 Å². The van der Waals surface area contributed by atoms with E-state index < -0.39 is 10.1 Å². The van der Waals surface area contributed by atoms with E-state index in [9.17, 15) is 8.42 Å². The molecule has 0 unspecified atom stereocenters. The lowest BCUT2D eigenvalue weighted by atomic mass is 9.98. The van der Waals surface area contributed by atoms with Gasteiger partial charge >= 0.3 is 0 Å². The van der Waals surface area contributed by atoms with Gasteiger partial charge < -0.3 is 11.5 Å². The van der Waals surface area contributed by atoms with E-state index in [1.54, 1.807) is 6.92 Å². The number of rotatable bonds is 2. The second-order valence-electron chi connectivity index (χ2n) is 4.37. The van der Waals surface area contributed by atoms with Crippen LogP contribution >= 0.6 is 0 Å². The van der Waals surface area contributed by atoms with Crippen LogP contribution in [0, 0.1) is 18.3 Å². The predicted octanol–water partition coefficient (Wildman–Crippen LogP) is 1.34. The molecular weight excluding hydrogens is 292 g/mol. The fraction of sp³-hybridized carbons (Fsp3) is 0.0769. The van der Waals surface area contributed by atoms with Gasteiger partial charge in [0.25, 0.3) is 10.1 Å².